The number of aliphatic hydroxyl groups excluding tert-OH is 1. The molecule has 0 fully saturated rings. The molecular weight excluding hydrogens is 546 g/mol. The predicted octanol–water partition coefficient (Wildman–Crippen LogP) is 6.41. The van der Waals surface area contributed by atoms with E-state index in [4.69, 9.17) is 0 Å². The Kier molecular flexibility index (Phi) is 11.5. The number of carbonyl (C=O) groups excluding carboxylic acids is 2. The summed E-state index contributed by atoms with van der Waals surface area (Å²) in [7, 11) is 0. The second-order valence-electron chi connectivity index (χ2n) is 11.8. The van der Waals surface area contributed by atoms with Gasteiger partial charge in [-0.1, -0.05) is 91.3 Å². The second kappa shape index (κ2) is 15.5. The summed E-state index contributed by atoms with van der Waals surface area (Å²) in [5.74, 6) is -0.583. The molecule has 0 aliphatic carbocycles. The van der Waals surface area contributed by atoms with Crippen molar-refractivity contribution in [3.05, 3.63) is 142 Å². The highest BCUT2D eigenvalue weighted by atomic mass is 16.3. The van der Waals surface area contributed by atoms with Crippen molar-refractivity contribution in [2.45, 2.75) is 71.7 Å². The summed E-state index contributed by atoms with van der Waals surface area (Å²) in [5, 5.41) is 20.9. The molecule has 4 aromatic carbocycles. The van der Waals surface area contributed by atoms with Crippen LogP contribution in [0.25, 0.3) is 0 Å². The topological polar surface area (TPSA) is 90.5 Å². The van der Waals surface area contributed by atoms with Gasteiger partial charge in [0.25, 0.3) is 11.8 Å². The maximum Gasteiger partial charge on any atom is 0.251 e. The highest BCUT2D eigenvalue weighted by Crippen LogP contribution is 2.18. The lowest BCUT2D eigenvalue weighted by Crippen LogP contribution is -2.49. The van der Waals surface area contributed by atoms with Gasteiger partial charge in [0.05, 0.1) is 18.2 Å². The van der Waals surface area contributed by atoms with Gasteiger partial charge >= 0.3 is 0 Å². The van der Waals surface area contributed by atoms with Crippen LogP contribution in [0, 0.1) is 13.8 Å². The van der Waals surface area contributed by atoms with Crippen LogP contribution in [0.5, 0.6) is 0 Å². The largest absolute Gasteiger partial charge is 0.390 e. The molecule has 4 rings (SSSR count). The fourth-order valence-electron chi connectivity index (χ4n) is 5.31. The Labute approximate surface area is 261 Å². The first-order chi connectivity index (χ1) is 21.1. The average Bonchev–Trinajstić information content (AvgIpc) is 3.03. The molecule has 0 aliphatic heterocycles. The van der Waals surface area contributed by atoms with Gasteiger partial charge < -0.3 is 21.1 Å². The summed E-state index contributed by atoms with van der Waals surface area (Å²) in [5.41, 5.74) is 7.19. The minimum atomic E-state index is -0.848. The molecule has 44 heavy (non-hydrogen) atoms. The van der Waals surface area contributed by atoms with E-state index in [1.807, 2.05) is 75.4 Å². The molecule has 0 radical (unpaired) electrons. The zero-order chi connectivity index (χ0) is 31.6. The molecule has 4 atom stereocenters. The first kappa shape index (κ1) is 32.6. The Morgan fingerprint density at radius 3 is 1.98 bits per heavy atom. The minimum Gasteiger partial charge on any atom is -0.390 e. The number of aryl methyl sites for hydroxylation is 3. The summed E-state index contributed by atoms with van der Waals surface area (Å²) in [6.45, 7) is 10.3. The lowest BCUT2D eigenvalue weighted by Gasteiger charge is -2.26. The van der Waals surface area contributed by atoms with Gasteiger partial charge in [-0.2, -0.15) is 0 Å². The third-order valence-electron chi connectivity index (χ3n) is 8.10. The van der Waals surface area contributed by atoms with E-state index in [0.29, 0.717) is 24.1 Å². The fourth-order valence-corrected chi connectivity index (χ4v) is 5.31. The Morgan fingerprint density at radius 2 is 1.32 bits per heavy atom. The van der Waals surface area contributed by atoms with Crippen LogP contribution in [0.3, 0.4) is 0 Å². The molecule has 4 N–H and O–H groups in total. The number of nitrogens with one attached hydrogen (secondary N) is 3. The standard InChI is InChI=1S/C38H45N3O3/c1-6-29-13-10-14-32(21-29)27(4)39-24-36(42)35(22-30-11-8-7-9-12-30)41-38(44)34-20-26(3)19-33(23-34)37(43)40-28(5)31-17-15-25(2)16-18-31/h7-21,23,27-28,35-36,39,42H,6,22,24H2,1-5H3,(H,40,43)(H,41,44)/t27?,28-,35+,36-/m1/s1. The van der Waals surface area contributed by atoms with Crippen molar-refractivity contribution in [3.63, 3.8) is 0 Å². The smallest absolute Gasteiger partial charge is 0.251 e. The van der Waals surface area contributed by atoms with Crippen LogP contribution in [0.1, 0.15) is 87.0 Å². The van der Waals surface area contributed by atoms with Gasteiger partial charge in [-0.3, -0.25) is 9.59 Å². The van der Waals surface area contributed by atoms with E-state index >= 15 is 0 Å². The molecule has 0 aliphatic rings. The van der Waals surface area contributed by atoms with Crippen molar-refractivity contribution in [2.75, 3.05) is 6.54 Å². The third kappa shape index (κ3) is 9.12. The number of amides is 2. The monoisotopic (exact) mass is 591 g/mol. The third-order valence-corrected chi connectivity index (χ3v) is 8.10. The van der Waals surface area contributed by atoms with Crippen LogP contribution in [0.15, 0.2) is 97.1 Å². The summed E-state index contributed by atoms with van der Waals surface area (Å²) < 4.78 is 0. The summed E-state index contributed by atoms with van der Waals surface area (Å²) in [4.78, 5) is 26.8. The van der Waals surface area contributed by atoms with E-state index < -0.39 is 12.1 Å². The number of benzene rings is 4. The van der Waals surface area contributed by atoms with Gasteiger partial charge in [0.1, 0.15) is 0 Å². The Morgan fingerprint density at radius 1 is 0.682 bits per heavy atom. The second-order valence-corrected chi connectivity index (χ2v) is 11.8. The zero-order valence-corrected chi connectivity index (χ0v) is 26.4. The van der Waals surface area contributed by atoms with Crippen LogP contribution in [-0.4, -0.2) is 35.6 Å². The maximum absolute atomic E-state index is 13.6. The molecule has 0 heterocycles. The fraction of sp³-hybridized carbons (Fsp3) is 0.316. The van der Waals surface area contributed by atoms with Crippen molar-refractivity contribution in [2.24, 2.45) is 0 Å². The van der Waals surface area contributed by atoms with Gasteiger partial charge in [-0.25, -0.2) is 0 Å². The van der Waals surface area contributed by atoms with Crippen molar-refractivity contribution in [1.29, 1.82) is 0 Å². The molecular formula is C38H45N3O3. The summed E-state index contributed by atoms with van der Waals surface area (Å²) in [6.07, 6.45) is 0.573. The number of carbonyl (C=O) groups is 2. The summed E-state index contributed by atoms with van der Waals surface area (Å²) >= 11 is 0. The minimum absolute atomic E-state index is 0.0318. The lowest BCUT2D eigenvalue weighted by molar-refractivity contribution is 0.0825. The van der Waals surface area contributed by atoms with E-state index in [2.05, 4.69) is 54.1 Å². The number of hydrogen-bond acceptors (Lipinski definition) is 4. The molecule has 6 heteroatoms. The molecule has 230 valence electrons. The van der Waals surface area contributed by atoms with Gasteiger partial charge in [0, 0.05) is 23.7 Å². The molecule has 0 saturated carbocycles. The van der Waals surface area contributed by atoms with E-state index in [1.54, 1.807) is 18.2 Å². The van der Waals surface area contributed by atoms with Crippen LogP contribution < -0.4 is 16.0 Å². The van der Waals surface area contributed by atoms with Crippen LogP contribution >= 0.6 is 0 Å². The highest BCUT2D eigenvalue weighted by Gasteiger charge is 2.24. The van der Waals surface area contributed by atoms with E-state index in [0.717, 1.165) is 34.2 Å². The van der Waals surface area contributed by atoms with E-state index in [-0.39, 0.29) is 23.9 Å². The van der Waals surface area contributed by atoms with E-state index in [1.165, 1.54) is 5.56 Å². The number of rotatable bonds is 13. The molecule has 0 saturated heterocycles. The van der Waals surface area contributed by atoms with Gasteiger partial charge in [0.2, 0.25) is 0 Å². The molecule has 0 bridgehead atoms. The SMILES string of the molecule is CCc1cccc(C(C)NC[C@@H](O)[C@H](Cc2ccccc2)NC(=O)c2cc(C)cc(C(=O)N[C@H](C)c3ccc(C)cc3)c2)c1. The number of hydrogen-bond donors (Lipinski definition) is 4. The molecule has 0 aromatic heterocycles. The Bertz CT molecular complexity index is 1530. The quantitative estimate of drug-likeness (QED) is 0.145. The lowest BCUT2D eigenvalue weighted by atomic mass is 9.99. The molecule has 6 nitrogen and oxygen atoms in total. The highest BCUT2D eigenvalue weighted by molar-refractivity contribution is 6.00. The van der Waals surface area contributed by atoms with Crippen molar-refractivity contribution in [1.82, 2.24) is 16.0 Å². The van der Waals surface area contributed by atoms with Crippen molar-refractivity contribution in [3.8, 4) is 0 Å². The van der Waals surface area contributed by atoms with Crippen LogP contribution in [0.4, 0.5) is 0 Å². The molecule has 4 aromatic rings. The van der Waals surface area contributed by atoms with Gasteiger partial charge in [-0.15, -0.1) is 0 Å². The van der Waals surface area contributed by atoms with Crippen LogP contribution in [0.2, 0.25) is 0 Å². The number of aliphatic hydroxyl groups is 1. The Hall–Kier alpha value is -4.26. The molecule has 1 unspecified atom stereocenters. The maximum atomic E-state index is 13.6. The van der Waals surface area contributed by atoms with Crippen molar-refractivity contribution >= 4 is 11.8 Å². The molecule has 0 spiro atoms. The van der Waals surface area contributed by atoms with E-state index in [9.17, 15) is 14.7 Å². The normalized spacial score (nSPS) is 13.9. The van der Waals surface area contributed by atoms with Crippen molar-refractivity contribution < 1.29 is 14.7 Å². The van der Waals surface area contributed by atoms with Gasteiger partial charge in [0.15, 0.2) is 0 Å². The first-order valence-electron chi connectivity index (χ1n) is 15.5. The van der Waals surface area contributed by atoms with Gasteiger partial charge in [-0.05, 0) is 86.6 Å². The first-order valence-corrected chi connectivity index (χ1v) is 15.5. The van der Waals surface area contributed by atoms with Crippen LogP contribution in [-0.2, 0) is 12.8 Å². The Balaban J connectivity index is 1.47. The zero-order valence-electron chi connectivity index (χ0n) is 26.4. The molecule has 2 amide bonds. The average molecular weight is 592 g/mol. The predicted molar refractivity (Wildman–Crippen MR) is 178 cm³/mol. The summed E-state index contributed by atoms with van der Waals surface area (Å²) in [6, 6.07) is 30.8.